The molecule has 144 valence electrons. The van der Waals surface area contributed by atoms with Crippen LogP contribution in [0.15, 0.2) is 42.5 Å². The number of nitrogens with zero attached hydrogens (tertiary/aromatic N) is 1. The molecule has 0 aromatic heterocycles. The average molecular weight is 367 g/mol. The monoisotopic (exact) mass is 366 g/mol. The van der Waals surface area contributed by atoms with Crippen molar-refractivity contribution in [2.75, 3.05) is 23.3 Å². The van der Waals surface area contributed by atoms with E-state index in [1.165, 1.54) is 18.5 Å². The number of anilines is 2. The van der Waals surface area contributed by atoms with Crippen molar-refractivity contribution in [3.63, 3.8) is 0 Å². The van der Waals surface area contributed by atoms with Crippen molar-refractivity contribution in [3.05, 3.63) is 53.6 Å². The average Bonchev–Trinajstić information content (AvgIpc) is 3.16. The van der Waals surface area contributed by atoms with Gasteiger partial charge in [-0.05, 0) is 74.1 Å². The highest BCUT2D eigenvalue weighted by atomic mass is 16.5. The first-order chi connectivity index (χ1) is 12.9. The molecule has 1 aliphatic heterocycles. The Kier molecular flexibility index (Phi) is 6.04. The minimum absolute atomic E-state index is 0.139. The third-order valence-electron chi connectivity index (χ3n) is 5.07. The van der Waals surface area contributed by atoms with E-state index in [1.807, 2.05) is 25.1 Å². The Morgan fingerprint density at radius 2 is 1.70 bits per heavy atom. The molecule has 0 aliphatic carbocycles. The van der Waals surface area contributed by atoms with Gasteiger partial charge in [0.2, 0.25) is 0 Å². The minimum atomic E-state index is -0.567. The van der Waals surface area contributed by atoms with Gasteiger partial charge in [-0.2, -0.15) is 0 Å². The van der Waals surface area contributed by atoms with Crippen LogP contribution in [0.5, 0.6) is 5.75 Å². The maximum Gasteiger partial charge on any atom is 0.265 e. The number of carbonyl (C=O) groups excluding carboxylic acids is 1. The summed E-state index contributed by atoms with van der Waals surface area (Å²) in [6, 6.07) is 14.2. The van der Waals surface area contributed by atoms with Crippen LogP contribution in [0, 0.1) is 6.92 Å². The van der Waals surface area contributed by atoms with Crippen LogP contribution >= 0.6 is 0 Å². The molecule has 1 aliphatic rings. The van der Waals surface area contributed by atoms with Crippen LogP contribution < -0.4 is 15.0 Å². The molecule has 1 atom stereocenters. The van der Waals surface area contributed by atoms with Crippen molar-refractivity contribution in [2.24, 2.45) is 0 Å². The summed E-state index contributed by atoms with van der Waals surface area (Å²) in [4.78, 5) is 15.0. The Morgan fingerprint density at radius 3 is 2.33 bits per heavy atom. The molecule has 1 heterocycles. The zero-order valence-electron chi connectivity index (χ0n) is 16.8. The predicted octanol–water partition coefficient (Wildman–Crippen LogP) is 5.12. The summed E-state index contributed by atoms with van der Waals surface area (Å²) >= 11 is 0. The first kappa shape index (κ1) is 19.3. The van der Waals surface area contributed by atoms with Gasteiger partial charge in [0.1, 0.15) is 5.75 Å². The second-order valence-electron chi connectivity index (χ2n) is 7.69. The maximum absolute atomic E-state index is 12.6. The fourth-order valence-electron chi connectivity index (χ4n) is 3.44. The number of aryl methyl sites for hydroxylation is 1. The van der Waals surface area contributed by atoms with Crippen molar-refractivity contribution in [1.82, 2.24) is 0 Å². The number of hydrogen-bond donors (Lipinski definition) is 1. The molecular weight excluding hydrogens is 336 g/mol. The number of benzene rings is 2. The van der Waals surface area contributed by atoms with Gasteiger partial charge in [0.15, 0.2) is 6.10 Å². The molecule has 0 saturated carbocycles. The van der Waals surface area contributed by atoms with Gasteiger partial charge in [0, 0.05) is 24.5 Å². The maximum atomic E-state index is 12.6. The van der Waals surface area contributed by atoms with Crippen molar-refractivity contribution in [2.45, 2.75) is 52.6 Å². The van der Waals surface area contributed by atoms with Crippen molar-refractivity contribution < 1.29 is 9.53 Å². The summed E-state index contributed by atoms with van der Waals surface area (Å²) in [6.07, 6.45) is 1.94. The third-order valence-corrected chi connectivity index (χ3v) is 5.07. The van der Waals surface area contributed by atoms with Crippen LogP contribution in [0.4, 0.5) is 11.4 Å². The standard InChI is InChI=1S/C23H30N2O2/c1-16(2)21-12-7-17(3)15-22(21)27-18(4)23(26)24-19-8-10-20(11-9-19)25-13-5-6-14-25/h7-12,15-16,18H,5-6,13-14H2,1-4H3,(H,24,26). The Labute approximate surface area is 162 Å². The first-order valence-corrected chi connectivity index (χ1v) is 9.87. The number of hydrogen-bond acceptors (Lipinski definition) is 3. The number of carbonyl (C=O) groups is 1. The summed E-state index contributed by atoms with van der Waals surface area (Å²) in [5.41, 5.74) is 4.26. The smallest absolute Gasteiger partial charge is 0.265 e. The molecule has 0 bridgehead atoms. The van der Waals surface area contributed by atoms with E-state index < -0.39 is 6.10 Å². The van der Waals surface area contributed by atoms with Crippen molar-refractivity contribution in [1.29, 1.82) is 0 Å². The van der Waals surface area contributed by atoms with Gasteiger partial charge in [-0.25, -0.2) is 0 Å². The second kappa shape index (κ2) is 8.47. The van der Waals surface area contributed by atoms with Crippen LogP contribution in [0.3, 0.4) is 0 Å². The SMILES string of the molecule is Cc1ccc(C(C)C)c(OC(C)C(=O)Nc2ccc(N3CCCC3)cc2)c1. The largest absolute Gasteiger partial charge is 0.481 e. The number of ether oxygens (including phenoxy) is 1. The Morgan fingerprint density at radius 1 is 1.04 bits per heavy atom. The quantitative estimate of drug-likeness (QED) is 0.771. The van der Waals surface area contributed by atoms with E-state index in [2.05, 4.69) is 48.3 Å². The van der Waals surface area contributed by atoms with E-state index in [0.717, 1.165) is 35.7 Å². The molecule has 1 fully saturated rings. The molecule has 1 unspecified atom stereocenters. The lowest BCUT2D eigenvalue weighted by Gasteiger charge is -2.20. The van der Waals surface area contributed by atoms with Crippen molar-refractivity contribution >= 4 is 17.3 Å². The summed E-state index contributed by atoms with van der Waals surface area (Å²) in [6.45, 7) is 10.3. The molecule has 27 heavy (non-hydrogen) atoms. The molecule has 1 saturated heterocycles. The second-order valence-corrected chi connectivity index (χ2v) is 7.69. The lowest BCUT2D eigenvalue weighted by Crippen LogP contribution is -2.30. The number of nitrogens with one attached hydrogen (secondary N) is 1. The van der Waals surface area contributed by atoms with Crippen LogP contribution in [-0.2, 0) is 4.79 Å². The van der Waals surface area contributed by atoms with Crippen LogP contribution in [0.1, 0.15) is 50.7 Å². The van der Waals surface area contributed by atoms with Gasteiger partial charge in [-0.3, -0.25) is 4.79 Å². The molecule has 3 rings (SSSR count). The van der Waals surface area contributed by atoms with E-state index in [9.17, 15) is 4.79 Å². The molecule has 2 aromatic rings. The Hall–Kier alpha value is -2.49. The van der Waals surface area contributed by atoms with Gasteiger partial charge in [0.05, 0.1) is 0 Å². The van der Waals surface area contributed by atoms with E-state index in [1.54, 1.807) is 6.92 Å². The topological polar surface area (TPSA) is 41.6 Å². The Balaban J connectivity index is 1.63. The van der Waals surface area contributed by atoms with Crippen LogP contribution in [-0.4, -0.2) is 25.1 Å². The first-order valence-electron chi connectivity index (χ1n) is 9.87. The molecule has 4 heteroatoms. The molecule has 2 aromatic carbocycles. The predicted molar refractivity (Wildman–Crippen MR) is 112 cm³/mol. The van der Waals surface area contributed by atoms with Crippen LogP contribution in [0.2, 0.25) is 0 Å². The lowest BCUT2D eigenvalue weighted by atomic mass is 10.0. The van der Waals surface area contributed by atoms with E-state index >= 15 is 0 Å². The van der Waals surface area contributed by atoms with Gasteiger partial charge in [-0.1, -0.05) is 26.0 Å². The summed E-state index contributed by atoms with van der Waals surface area (Å²) in [5.74, 6) is 0.992. The van der Waals surface area contributed by atoms with Crippen LogP contribution in [0.25, 0.3) is 0 Å². The summed E-state index contributed by atoms with van der Waals surface area (Å²) in [5, 5.41) is 2.96. The molecular formula is C23H30N2O2. The van der Waals surface area contributed by atoms with E-state index in [0.29, 0.717) is 5.92 Å². The fraction of sp³-hybridized carbons (Fsp3) is 0.435. The number of amides is 1. The molecule has 0 radical (unpaired) electrons. The van der Waals surface area contributed by atoms with Crippen molar-refractivity contribution in [3.8, 4) is 5.75 Å². The normalized spacial score (nSPS) is 15.1. The molecule has 0 spiro atoms. The lowest BCUT2D eigenvalue weighted by molar-refractivity contribution is -0.122. The molecule has 1 N–H and O–H groups in total. The number of rotatable bonds is 6. The molecule has 1 amide bonds. The molecule has 4 nitrogen and oxygen atoms in total. The van der Waals surface area contributed by atoms with E-state index in [4.69, 9.17) is 4.74 Å². The minimum Gasteiger partial charge on any atom is -0.481 e. The fourth-order valence-corrected chi connectivity index (χ4v) is 3.44. The Bertz CT molecular complexity index is 777. The highest BCUT2D eigenvalue weighted by Crippen LogP contribution is 2.28. The summed E-state index contributed by atoms with van der Waals surface area (Å²) < 4.78 is 6.01. The highest BCUT2D eigenvalue weighted by molar-refractivity contribution is 5.94. The zero-order valence-corrected chi connectivity index (χ0v) is 16.8. The van der Waals surface area contributed by atoms with Gasteiger partial charge >= 0.3 is 0 Å². The zero-order chi connectivity index (χ0) is 19.4. The summed E-state index contributed by atoms with van der Waals surface area (Å²) in [7, 11) is 0. The van der Waals surface area contributed by atoms with Gasteiger partial charge in [0.25, 0.3) is 5.91 Å². The highest BCUT2D eigenvalue weighted by Gasteiger charge is 2.18. The third kappa shape index (κ3) is 4.82. The van der Waals surface area contributed by atoms with Gasteiger partial charge < -0.3 is 15.0 Å². The van der Waals surface area contributed by atoms with E-state index in [-0.39, 0.29) is 5.91 Å². The van der Waals surface area contributed by atoms with Gasteiger partial charge in [-0.15, -0.1) is 0 Å².